The van der Waals surface area contributed by atoms with Crippen LogP contribution in [0.15, 0.2) is 12.4 Å². The van der Waals surface area contributed by atoms with Crippen molar-refractivity contribution in [2.24, 2.45) is 7.05 Å². The molecule has 1 heterocycles. The number of imidazole rings is 1. The third-order valence-corrected chi connectivity index (χ3v) is 2.41. The third kappa shape index (κ3) is 3.12. The van der Waals surface area contributed by atoms with Crippen molar-refractivity contribution in [3.63, 3.8) is 0 Å². The molecular weight excluding hydrogens is 176 g/mol. The van der Waals surface area contributed by atoms with E-state index in [0.717, 1.165) is 18.9 Å². The lowest BCUT2D eigenvalue weighted by atomic mass is 10.3. The molecule has 14 heavy (non-hydrogen) atoms. The summed E-state index contributed by atoms with van der Waals surface area (Å²) in [6, 6.07) is 0.514. The van der Waals surface area contributed by atoms with Gasteiger partial charge in [0.15, 0.2) is 0 Å². The van der Waals surface area contributed by atoms with E-state index in [1.807, 2.05) is 26.5 Å². The Kier molecular flexibility index (Phi) is 4.10. The van der Waals surface area contributed by atoms with Crippen LogP contribution in [-0.2, 0) is 13.6 Å². The number of aryl methyl sites for hydroxylation is 1. The van der Waals surface area contributed by atoms with Crippen LogP contribution < -0.4 is 5.32 Å². The van der Waals surface area contributed by atoms with Crippen LogP contribution in [0.4, 0.5) is 0 Å². The topological polar surface area (TPSA) is 33.1 Å². The van der Waals surface area contributed by atoms with Crippen LogP contribution in [-0.4, -0.2) is 41.1 Å². The van der Waals surface area contributed by atoms with Gasteiger partial charge in [-0.15, -0.1) is 0 Å². The highest BCUT2D eigenvalue weighted by molar-refractivity contribution is 4.90. The highest BCUT2D eigenvalue weighted by Crippen LogP contribution is 1.99. The van der Waals surface area contributed by atoms with Gasteiger partial charge < -0.3 is 9.88 Å². The monoisotopic (exact) mass is 196 g/mol. The largest absolute Gasteiger partial charge is 0.337 e. The molecule has 0 amide bonds. The van der Waals surface area contributed by atoms with E-state index >= 15 is 0 Å². The van der Waals surface area contributed by atoms with E-state index in [-0.39, 0.29) is 0 Å². The minimum absolute atomic E-state index is 0.514. The van der Waals surface area contributed by atoms with Crippen molar-refractivity contribution >= 4 is 0 Å². The van der Waals surface area contributed by atoms with Crippen molar-refractivity contribution in [1.82, 2.24) is 19.8 Å². The van der Waals surface area contributed by atoms with Gasteiger partial charge in [-0.05, 0) is 21.0 Å². The maximum atomic E-state index is 4.29. The third-order valence-electron chi connectivity index (χ3n) is 2.41. The Morgan fingerprint density at radius 3 is 2.86 bits per heavy atom. The molecule has 0 bridgehead atoms. The second-order valence-corrected chi connectivity index (χ2v) is 3.84. The number of likely N-dealkylation sites (N-methyl/N-ethyl adjacent to an activating group) is 2. The maximum absolute atomic E-state index is 4.29. The zero-order valence-electron chi connectivity index (χ0n) is 9.49. The Balaban J connectivity index is 2.41. The van der Waals surface area contributed by atoms with E-state index in [1.54, 1.807) is 0 Å². The molecule has 0 aliphatic rings. The number of hydrogen-bond acceptors (Lipinski definition) is 3. The molecule has 1 N–H and O–H groups in total. The molecule has 0 aliphatic carbocycles. The smallest absolute Gasteiger partial charge is 0.122 e. The molecule has 0 aliphatic heterocycles. The lowest BCUT2D eigenvalue weighted by Gasteiger charge is -2.20. The van der Waals surface area contributed by atoms with Gasteiger partial charge in [-0.25, -0.2) is 4.98 Å². The van der Waals surface area contributed by atoms with E-state index in [4.69, 9.17) is 0 Å². The first-order chi connectivity index (χ1) is 6.63. The Hall–Kier alpha value is -0.870. The standard InChI is InChI=1S/C10H20N4/c1-9(11-2)7-13(3)8-10-12-5-6-14(10)4/h5-6,9,11H,7-8H2,1-4H3. The van der Waals surface area contributed by atoms with Gasteiger partial charge in [0.2, 0.25) is 0 Å². The van der Waals surface area contributed by atoms with Crippen LogP contribution >= 0.6 is 0 Å². The van der Waals surface area contributed by atoms with Gasteiger partial charge in [-0.1, -0.05) is 0 Å². The first kappa shape index (κ1) is 11.2. The highest BCUT2D eigenvalue weighted by atomic mass is 15.2. The van der Waals surface area contributed by atoms with E-state index < -0.39 is 0 Å². The van der Waals surface area contributed by atoms with E-state index in [9.17, 15) is 0 Å². The zero-order chi connectivity index (χ0) is 10.6. The van der Waals surface area contributed by atoms with Crippen molar-refractivity contribution in [3.8, 4) is 0 Å². The van der Waals surface area contributed by atoms with Gasteiger partial charge in [-0.2, -0.15) is 0 Å². The average Bonchev–Trinajstić information content (AvgIpc) is 2.51. The van der Waals surface area contributed by atoms with E-state index in [0.29, 0.717) is 6.04 Å². The SMILES string of the molecule is CNC(C)CN(C)Cc1nccn1C. The molecule has 0 spiro atoms. The number of nitrogens with zero attached hydrogens (tertiary/aromatic N) is 3. The summed E-state index contributed by atoms with van der Waals surface area (Å²) in [5.41, 5.74) is 0. The first-order valence-electron chi connectivity index (χ1n) is 4.95. The second kappa shape index (κ2) is 5.12. The molecule has 4 nitrogen and oxygen atoms in total. The summed E-state index contributed by atoms with van der Waals surface area (Å²) in [6.07, 6.45) is 3.81. The Bertz CT molecular complexity index is 269. The summed E-state index contributed by atoms with van der Waals surface area (Å²) < 4.78 is 2.06. The van der Waals surface area contributed by atoms with Gasteiger partial charge in [0, 0.05) is 32.0 Å². The van der Waals surface area contributed by atoms with Crippen molar-refractivity contribution in [2.75, 3.05) is 20.6 Å². The Labute approximate surface area is 85.9 Å². The second-order valence-electron chi connectivity index (χ2n) is 3.84. The van der Waals surface area contributed by atoms with Crippen molar-refractivity contribution < 1.29 is 0 Å². The summed E-state index contributed by atoms with van der Waals surface area (Å²) in [5, 5.41) is 3.22. The van der Waals surface area contributed by atoms with Gasteiger partial charge in [0.1, 0.15) is 5.82 Å². The van der Waals surface area contributed by atoms with Crippen LogP contribution in [0.5, 0.6) is 0 Å². The fourth-order valence-corrected chi connectivity index (χ4v) is 1.41. The molecule has 1 aromatic heterocycles. The number of nitrogens with one attached hydrogen (secondary N) is 1. The van der Waals surface area contributed by atoms with Crippen LogP contribution in [0.2, 0.25) is 0 Å². The normalized spacial score (nSPS) is 13.5. The summed E-state index contributed by atoms with van der Waals surface area (Å²) >= 11 is 0. The zero-order valence-corrected chi connectivity index (χ0v) is 9.49. The molecule has 1 aromatic rings. The summed E-state index contributed by atoms with van der Waals surface area (Å²) in [6.45, 7) is 4.10. The molecule has 0 saturated heterocycles. The fraction of sp³-hybridized carbons (Fsp3) is 0.700. The van der Waals surface area contributed by atoms with Crippen molar-refractivity contribution in [2.45, 2.75) is 19.5 Å². The number of hydrogen-bond donors (Lipinski definition) is 1. The molecule has 0 radical (unpaired) electrons. The summed E-state index contributed by atoms with van der Waals surface area (Å²) in [5.74, 6) is 1.11. The Morgan fingerprint density at radius 2 is 2.36 bits per heavy atom. The summed E-state index contributed by atoms with van der Waals surface area (Å²) in [4.78, 5) is 6.56. The highest BCUT2D eigenvalue weighted by Gasteiger charge is 2.07. The maximum Gasteiger partial charge on any atom is 0.122 e. The minimum Gasteiger partial charge on any atom is -0.337 e. The molecule has 0 aromatic carbocycles. The van der Waals surface area contributed by atoms with Gasteiger partial charge in [-0.3, -0.25) is 4.90 Å². The molecule has 1 rings (SSSR count). The van der Waals surface area contributed by atoms with Crippen LogP contribution in [0.1, 0.15) is 12.7 Å². The van der Waals surface area contributed by atoms with E-state index in [1.165, 1.54) is 0 Å². The number of aromatic nitrogens is 2. The molecule has 80 valence electrons. The Morgan fingerprint density at radius 1 is 1.64 bits per heavy atom. The lowest BCUT2D eigenvalue weighted by Crippen LogP contribution is -2.35. The predicted octanol–water partition coefficient (Wildman–Crippen LogP) is 0.460. The summed E-state index contributed by atoms with van der Waals surface area (Å²) in [7, 11) is 6.12. The molecule has 0 saturated carbocycles. The van der Waals surface area contributed by atoms with Crippen LogP contribution in [0.25, 0.3) is 0 Å². The molecular formula is C10H20N4. The van der Waals surface area contributed by atoms with Crippen LogP contribution in [0.3, 0.4) is 0 Å². The van der Waals surface area contributed by atoms with Gasteiger partial charge >= 0.3 is 0 Å². The quantitative estimate of drug-likeness (QED) is 0.742. The lowest BCUT2D eigenvalue weighted by molar-refractivity contribution is 0.286. The minimum atomic E-state index is 0.514. The van der Waals surface area contributed by atoms with Gasteiger partial charge in [0.05, 0.1) is 6.54 Å². The van der Waals surface area contributed by atoms with Crippen molar-refractivity contribution in [1.29, 1.82) is 0 Å². The molecule has 1 unspecified atom stereocenters. The van der Waals surface area contributed by atoms with E-state index in [2.05, 4.69) is 33.7 Å². The van der Waals surface area contributed by atoms with Crippen molar-refractivity contribution in [3.05, 3.63) is 18.2 Å². The number of rotatable bonds is 5. The molecule has 0 fully saturated rings. The average molecular weight is 196 g/mol. The first-order valence-corrected chi connectivity index (χ1v) is 4.95. The molecule has 4 heteroatoms. The predicted molar refractivity (Wildman–Crippen MR) is 58.1 cm³/mol. The fourth-order valence-electron chi connectivity index (χ4n) is 1.41. The van der Waals surface area contributed by atoms with Gasteiger partial charge in [0.25, 0.3) is 0 Å². The van der Waals surface area contributed by atoms with Crippen LogP contribution in [0, 0.1) is 0 Å². The molecule has 1 atom stereocenters.